The molecule has 1 aliphatic heterocycles. The fraction of sp³-hybridized carbons (Fsp3) is 0.686. The molecule has 0 aromatic heterocycles. The second-order valence-corrected chi connectivity index (χ2v) is 14.4. The smallest absolute Gasteiger partial charge is 0.339 e. The van der Waals surface area contributed by atoms with Gasteiger partial charge in [0.2, 0.25) is 5.79 Å². The maximum absolute atomic E-state index is 14.1. The summed E-state index contributed by atoms with van der Waals surface area (Å²) in [6.07, 6.45) is -0.0240. The van der Waals surface area contributed by atoms with Gasteiger partial charge in [0.15, 0.2) is 36.0 Å². The van der Waals surface area contributed by atoms with Crippen molar-refractivity contribution in [1.82, 2.24) is 0 Å². The molecule has 0 amide bonds. The van der Waals surface area contributed by atoms with Crippen LogP contribution in [-0.4, -0.2) is 95.9 Å². The topological polar surface area (TPSA) is 195 Å². The normalized spacial score (nSPS) is 41.0. The number of fused-ring (bicyclic) bond motifs is 5. The van der Waals surface area contributed by atoms with Gasteiger partial charge >= 0.3 is 23.9 Å². The number of carbonyl (C=O) groups excluding carboxylic acids is 7. The van der Waals surface area contributed by atoms with Crippen molar-refractivity contribution in [2.24, 2.45) is 28.6 Å². The molecule has 4 fully saturated rings. The van der Waals surface area contributed by atoms with Crippen molar-refractivity contribution in [3.05, 3.63) is 23.8 Å². The van der Waals surface area contributed by atoms with E-state index in [9.17, 15) is 38.7 Å². The van der Waals surface area contributed by atoms with E-state index in [-0.39, 0.29) is 36.2 Å². The van der Waals surface area contributed by atoms with E-state index in [0.717, 1.165) is 33.5 Å². The van der Waals surface area contributed by atoms with Gasteiger partial charge in [-0.15, -0.1) is 0 Å². The predicted octanol–water partition coefficient (Wildman–Crippen LogP) is 1.87. The number of esters is 4. The lowest BCUT2D eigenvalue weighted by Crippen LogP contribution is -2.69. The van der Waals surface area contributed by atoms with Crippen molar-refractivity contribution < 1.29 is 67.1 Å². The molecule has 11 atom stereocenters. The summed E-state index contributed by atoms with van der Waals surface area (Å²) in [6.45, 7) is 7.32. The van der Waals surface area contributed by atoms with Gasteiger partial charge in [-0.05, 0) is 56.6 Å². The van der Waals surface area contributed by atoms with Crippen LogP contribution in [0.2, 0.25) is 0 Å². The van der Waals surface area contributed by atoms with Crippen LogP contribution in [0.3, 0.4) is 0 Å². The minimum Gasteiger partial charge on any atom is -0.467 e. The largest absolute Gasteiger partial charge is 0.467 e. The molecule has 5 aliphatic rings. The number of hydrogen-bond donors (Lipinski definition) is 1. The van der Waals surface area contributed by atoms with Crippen molar-refractivity contribution in [2.45, 2.75) is 109 Å². The maximum atomic E-state index is 14.1. The van der Waals surface area contributed by atoms with Gasteiger partial charge in [0, 0.05) is 43.9 Å². The number of Topliss-reactive ketones (excluding diaryl/α,β-unsaturated/α-hetero) is 2. The molecule has 49 heavy (non-hydrogen) atoms. The molecule has 268 valence electrons. The van der Waals surface area contributed by atoms with Gasteiger partial charge in [0.25, 0.3) is 0 Å². The third kappa shape index (κ3) is 6.05. The lowest BCUT2D eigenvalue weighted by molar-refractivity contribution is -0.350. The Morgan fingerprint density at radius 3 is 2.18 bits per heavy atom. The predicted molar refractivity (Wildman–Crippen MR) is 165 cm³/mol. The Balaban J connectivity index is 1.43. The van der Waals surface area contributed by atoms with E-state index < -0.39 is 88.8 Å². The Morgan fingerprint density at radius 2 is 1.57 bits per heavy atom. The first kappa shape index (κ1) is 36.5. The Kier molecular flexibility index (Phi) is 9.58. The number of aliphatic hydroxyl groups is 1. The van der Waals surface area contributed by atoms with Crippen LogP contribution < -0.4 is 0 Å². The Hall–Kier alpha value is -3.75. The molecule has 5 unspecified atom stereocenters. The standard InChI is InChI=1S/C35H44O14/c1-17(36)46-27-28(47-18(2)37)30(48-19(3)38)34(6,49-29(27)31(42)44-7)45-16-25(41)35(43)13-11-23-22-9-8-20-14-21(39)10-12-32(20,4)26(22)24(40)15-33(23,35)5/h10,12,14,22-23,26-30,43H,8-9,11,13,15-16H2,1-7H3/t22?,23?,26?,27-,28-,29-,30+,32?,33?,34+,35-/m0/s1. The summed E-state index contributed by atoms with van der Waals surface area (Å²) in [6, 6.07) is 0. The van der Waals surface area contributed by atoms with Gasteiger partial charge in [-0.1, -0.05) is 25.5 Å². The van der Waals surface area contributed by atoms with Gasteiger partial charge < -0.3 is 33.5 Å². The zero-order chi connectivity index (χ0) is 36.3. The first-order chi connectivity index (χ1) is 22.8. The van der Waals surface area contributed by atoms with Crippen molar-refractivity contribution in [1.29, 1.82) is 0 Å². The minimum absolute atomic E-state index is 0.0565. The summed E-state index contributed by atoms with van der Waals surface area (Å²) in [5.41, 5.74) is -2.84. The molecular weight excluding hydrogens is 644 g/mol. The molecule has 0 spiro atoms. The average Bonchev–Trinajstić information content (AvgIpc) is 3.28. The van der Waals surface area contributed by atoms with Gasteiger partial charge in [-0.3, -0.25) is 28.8 Å². The number of allylic oxidation sites excluding steroid dienone is 4. The van der Waals surface area contributed by atoms with Crippen LogP contribution in [0, 0.1) is 28.6 Å². The first-order valence-electron chi connectivity index (χ1n) is 16.4. The van der Waals surface area contributed by atoms with E-state index in [1.54, 1.807) is 13.0 Å². The monoisotopic (exact) mass is 688 g/mol. The molecule has 3 saturated carbocycles. The van der Waals surface area contributed by atoms with Crippen molar-refractivity contribution in [3.8, 4) is 0 Å². The fourth-order valence-electron chi connectivity index (χ4n) is 9.26. The average molecular weight is 689 g/mol. The highest BCUT2D eigenvalue weighted by atomic mass is 16.8. The number of ketones is 3. The molecule has 4 aliphatic carbocycles. The number of rotatable bonds is 8. The molecule has 14 nitrogen and oxygen atoms in total. The van der Waals surface area contributed by atoms with E-state index in [1.807, 2.05) is 13.0 Å². The zero-order valence-corrected chi connectivity index (χ0v) is 28.8. The van der Waals surface area contributed by atoms with Crippen molar-refractivity contribution in [3.63, 3.8) is 0 Å². The van der Waals surface area contributed by atoms with E-state index in [0.29, 0.717) is 19.3 Å². The highest BCUT2D eigenvalue weighted by Gasteiger charge is 2.69. The van der Waals surface area contributed by atoms with Gasteiger partial charge in [0.05, 0.1) is 7.11 Å². The highest BCUT2D eigenvalue weighted by Crippen LogP contribution is 2.66. The number of ether oxygens (including phenoxy) is 6. The van der Waals surface area contributed by atoms with E-state index in [2.05, 4.69) is 0 Å². The van der Waals surface area contributed by atoms with Crippen LogP contribution in [0.1, 0.15) is 73.6 Å². The van der Waals surface area contributed by atoms with E-state index in [4.69, 9.17) is 28.4 Å². The molecular formula is C35H44O14. The molecule has 0 aromatic rings. The van der Waals surface area contributed by atoms with Gasteiger partial charge in [-0.2, -0.15) is 0 Å². The molecule has 1 saturated heterocycles. The van der Waals surface area contributed by atoms with Crippen LogP contribution in [0.15, 0.2) is 23.8 Å². The lowest BCUT2D eigenvalue weighted by atomic mass is 9.46. The third-order valence-electron chi connectivity index (χ3n) is 11.5. The summed E-state index contributed by atoms with van der Waals surface area (Å²) < 4.78 is 32.9. The summed E-state index contributed by atoms with van der Waals surface area (Å²) in [7, 11) is 1.05. The zero-order valence-electron chi connectivity index (χ0n) is 28.8. The highest BCUT2D eigenvalue weighted by molar-refractivity contribution is 6.02. The molecule has 5 rings (SSSR count). The SMILES string of the molecule is COC(=O)[C@H]1O[C@@](C)(OCC(=O)[C@@]2(O)CCC3C4CCC5=CC(=O)C=CC5(C)C4C(=O)CC32C)[C@H](OC(C)=O)[C@@H](OC(C)=O)[C@@H]1OC(C)=O. The summed E-state index contributed by atoms with van der Waals surface area (Å²) >= 11 is 0. The van der Waals surface area contributed by atoms with Gasteiger partial charge in [-0.25, -0.2) is 4.79 Å². The second kappa shape index (κ2) is 12.9. The van der Waals surface area contributed by atoms with Crippen molar-refractivity contribution in [2.75, 3.05) is 13.7 Å². The fourth-order valence-corrected chi connectivity index (χ4v) is 9.26. The number of hydrogen-bond acceptors (Lipinski definition) is 14. The van der Waals surface area contributed by atoms with Gasteiger partial charge in [0.1, 0.15) is 18.0 Å². The van der Waals surface area contributed by atoms with E-state index >= 15 is 0 Å². The minimum atomic E-state index is -2.18. The van der Waals surface area contributed by atoms with Crippen LogP contribution in [0.5, 0.6) is 0 Å². The van der Waals surface area contributed by atoms with Crippen molar-refractivity contribution >= 4 is 41.2 Å². The molecule has 1 N–H and O–H groups in total. The maximum Gasteiger partial charge on any atom is 0.339 e. The quantitative estimate of drug-likeness (QED) is 0.287. The lowest BCUT2D eigenvalue weighted by Gasteiger charge is -2.56. The Morgan fingerprint density at radius 1 is 0.939 bits per heavy atom. The molecule has 0 aromatic carbocycles. The third-order valence-corrected chi connectivity index (χ3v) is 11.5. The Labute approximate surface area is 283 Å². The van der Waals surface area contributed by atoms with Crippen LogP contribution in [0.25, 0.3) is 0 Å². The summed E-state index contributed by atoms with van der Waals surface area (Å²) in [5.74, 6) is -7.53. The summed E-state index contributed by atoms with van der Waals surface area (Å²) in [4.78, 5) is 89.6. The molecule has 0 radical (unpaired) electrons. The van der Waals surface area contributed by atoms with E-state index in [1.165, 1.54) is 13.0 Å². The molecule has 0 bridgehead atoms. The van der Waals surface area contributed by atoms with Crippen LogP contribution >= 0.6 is 0 Å². The van der Waals surface area contributed by atoms with Crippen LogP contribution in [0.4, 0.5) is 0 Å². The first-order valence-corrected chi connectivity index (χ1v) is 16.4. The Bertz CT molecular complexity index is 1530. The molecule has 1 heterocycles. The number of methoxy groups -OCH3 is 1. The molecule has 14 heteroatoms. The second-order valence-electron chi connectivity index (χ2n) is 14.4. The van der Waals surface area contributed by atoms with Crippen LogP contribution in [-0.2, 0) is 62.0 Å². The summed E-state index contributed by atoms with van der Waals surface area (Å²) in [5, 5.41) is 12.2. The number of carbonyl (C=O) groups is 7.